The molecule has 118 valence electrons. The molecule has 0 bridgehead atoms. The molecule has 0 N–H and O–H groups in total. The van der Waals surface area contributed by atoms with Gasteiger partial charge in [0.05, 0.1) is 22.8 Å². The van der Waals surface area contributed by atoms with Crippen molar-refractivity contribution in [3.05, 3.63) is 41.0 Å². The summed E-state index contributed by atoms with van der Waals surface area (Å²) < 4.78 is 6.70. The first-order chi connectivity index (χ1) is 11.4. The van der Waals surface area contributed by atoms with Gasteiger partial charge in [0.25, 0.3) is 0 Å². The van der Waals surface area contributed by atoms with Gasteiger partial charge in [-0.05, 0) is 44.4 Å². The Kier molecular flexibility index (Phi) is 3.19. The van der Waals surface area contributed by atoms with Gasteiger partial charge in [-0.15, -0.1) is 11.3 Å². The molecule has 1 saturated carbocycles. The van der Waals surface area contributed by atoms with Crippen LogP contribution in [-0.4, -0.2) is 26.6 Å². The zero-order chi connectivity index (χ0) is 15.2. The van der Waals surface area contributed by atoms with E-state index < -0.39 is 0 Å². The maximum absolute atomic E-state index is 5.45. The van der Waals surface area contributed by atoms with Crippen LogP contribution in [0.4, 0.5) is 0 Å². The summed E-state index contributed by atoms with van der Waals surface area (Å²) in [5.74, 6) is 2.23. The Labute approximate surface area is 138 Å². The largest absolute Gasteiger partial charge is 0.339 e. The van der Waals surface area contributed by atoms with Gasteiger partial charge in [0, 0.05) is 5.92 Å². The molecular formula is C17H18N4OS. The van der Waals surface area contributed by atoms with Crippen molar-refractivity contribution in [1.29, 1.82) is 0 Å². The van der Waals surface area contributed by atoms with Crippen molar-refractivity contribution in [2.75, 3.05) is 6.54 Å². The Bertz CT molecular complexity index is 805. The molecule has 23 heavy (non-hydrogen) atoms. The summed E-state index contributed by atoms with van der Waals surface area (Å²) >= 11 is 1.78. The predicted octanol–water partition coefficient (Wildman–Crippen LogP) is 3.89. The van der Waals surface area contributed by atoms with Gasteiger partial charge in [-0.25, -0.2) is 4.98 Å². The van der Waals surface area contributed by atoms with E-state index in [4.69, 9.17) is 9.51 Å². The highest BCUT2D eigenvalue weighted by molar-refractivity contribution is 7.18. The molecule has 0 amide bonds. The Morgan fingerprint density at radius 2 is 2.09 bits per heavy atom. The van der Waals surface area contributed by atoms with E-state index in [1.165, 1.54) is 29.0 Å². The lowest BCUT2D eigenvalue weighted by molar-refractivity contribution is 0.234. The smallest absolute Gasteiger partial charge is 0.229 e. The zero-order valence-electron chi connectivity index (χ0n) is 12.8. The van der Waals surface area contributed by atoms with Crippen molar-refractivity contribution < 1.29 is 4.52 Å². The van der Waals surface area contributed by atoms with Crippen LogP contribution < -0.4 is 0 Å². The number of para-hydroxylation sites is 1. The van der Waals surface area contributed by atoms with Crippen molar-refractivity contribution in [3.8, 4) is 0 Å². The van der Waals surface area contributed by atoms with Crippen LogP contribution in [0.1, 0.15) is 54.4 Å². The molecule has 0 radical (unpaired) electrons. The van der Waals surface area contributed by atoms with E-state index in [1.807, 2.05) is 6.07 Å². The van der Waals surface area contributed by atoms with E-state index in [9.17, 15) is 0 Å². The maximum atomic E-state index is 5.45. The number of likely N-dealkylation sites (tertiary alicyclic amines) is 1. The molecule has 5 rings (SSSR count). The first kappa shape index (κ1) is 13.6. The van der Waals surface area contributed by atoms with Crippen molar-refractivity contribution in [2.24, 2.45) is 0 Å². The van der Waals surface area contributed by atoms with Crippen molar-refractivity contribution in [3.63, 3.8) is 0 Å². The molecule has 6 heteroatoms. The Balaban J connectivity index is 1.37. The third-order valence-corrected chi connectivity index (χ3v) is 5.74. The Morgan fingerprint density at radius 1 is 1.17 bits per heavy atom. The van der Waals surface area contributed by atoms with Gasteiger partial charge >= 0.3 is 0 Å². The fourth-order valence-electron chi connectivity index (χ4n) is 3.35. The second-order valence-corrected chi connectivity index (χ2v) is 7.58. The molecule has 5 nitrogen and oxygen atoms in total. The molecule has 1 saturated heterocycles. The lowest BCUT2D eigenvalue weighted by Crippen LogP contribution is -2.23. The molecule has 1 atom stereocenters. The number of aromatic nitrogens is 3. The minimum atomic E-state index is 0.276. The summed E-state index contributed by atoms with van der Waals surface area (Å²) in [4.78, 5) is 11.9. The van der Waals surface area contributed by atoms with E-state index in [2.05, 4.69) is 33.2 Å². The lowest BCUT2D eigenvalue weighted by atomic mass is 10.2. The van der Waals surface area contributed by atoms with Gasteiger partial charge < -0.3 is 4.52 Å². The quantitative estimate of drug-likeness (QED) is 0.728. The van der Waals surface area contributed by atoms with Crippen molar-refractivity contribution in [2.45, 2.75) is 44.2 Å². The maximum Gasteiger partial charge on any atom is 0.229 e. The van der Waals surface area contributed by atoms with Gasteiger partial charge in [0.2, 0.25) is 5.89 Å². The number of nitrogens with zero attached hydrogens (tertiary/aromatic N) is 4. The summed E-state index contributed by atoms with van der Waals surface area (Å²) in [7, 11) is 0. The third kappa shape index (κ3) is 2.56. The predicted molar refractivity (Wildman–Crippen MR) is 88.3 cm³/mol. The fourth-order valence-corrected chi connectivity index (χ4v) is 4.34. The average molecular weight is 326 g/mol. The number of thiazole rings is 1. The highest BCUT2D eigenvalue weighted by atomic mass is 32.1. The van der Waals surface area contributed by atoms with E-state index in [0.29, 0.717) is 5.92 Å². The highest BCUT2D eigenvalue weighted by Gasteiger charge is 2.34. The Hall–Kier alpha value is -1.79. The molecule has 1 aliphatic carbocycles. The molecule has 1 aliphatic heterocycles. The second kappa shape index (κ2) is 5.39. The standard InChI is InChI=1S/C17H18N4OS/c1-2-6-14-12(4-1)18-15(23-14)10-21-9-3-5-13(21)16-19-17(22-20-16)11-7-8-11/h1-2,4,6,11,13H,3,5,7-10H2/t13-/m0/s1. The molecular weight excluding hydrogens is 308 g/mol. The van der Waals surface area contributed by atoms with Crippen LogP contribution in [0.2, 0.25) is 0 Å². The number of fused-ring (bicyclic) bond motifs is 1. The topological polar surface area (TPSA) is 55.1 Å². The van der Waals surface area contributed by atoms with Crippen LogP contribution in [0.15, 0.2) is 28.8 Å². The minimum absolute atomic E-state index is 0.276. The lowest BCUT2D eigenvalue weighted by Gasteiger charge is -2.20. The molecule has 0 unspecified atom stereocenters. The number of hydrogen-bond acceptors (Lipinski definition) is 6. The van der Waals surface area contributed by atoms with Gasteiger partial charge in [-0.3, -0.25) is 4.90 Å². The van der Waals surface area contributed by atoms with Crippen LogP contribution in [0.3, 0.4) is 0 Å². The molecule has 1 aromatic carbocycles. The summed E-state index contributed by atoms with van der Waals surface area (Å²) in [6.45, 7) is 1.95. The van der Waals surface area contributed by atoms with Gasteiger partial charge in [0.15, 0.2) is 5.82 Å². The molecule has 3 aromatic rings. The van der Waals surface area contributed by atoms with Crippen molar-refractivity contribution in [1.82, 2.24) is 20.0 Å². The number of benzene rings is 1. The third-order valence-electron chi connectivity index (χ3n) is 4.72. The summed E-state index contributed by atoms with van der Waals surface area (Å²) in [5, 5.41) is 5.42. The zero-order valence-corrected chi connectivity index (χ0v) is 13.6. The van der Waals surface area contributed by atoms with E-state index in [1.54, 1.807) is 11.3 Å². The highest BCUT2D eigenvalue weighted by Crippen LogP contribution is 2.40. The van der Waals surface area contributed by atoms with Crippen LogP contribution in [0, 0.1) is 0 Å². The summed E-state index contributed by atoms with van der Waals surface area (Å²) in [5.41, 5.74) is 1.10. The number of hydrogen-bond donors (Lipinski definition) is 0. The first-order valence-corrected chi connectivity index (χ1v) is 9.10. The van der Waals surface area contributed by atoms with Gasteiger partial charge in [0.1, 0.15) is 5.01 Å². The van der Waals surface area contributed by atoms with E-state index in [0.717, 1.165) is 36.7 Å². The monoisotopic (exact) mass is 326 g/mol. The summed E-state index contributed by atoms with van der Waals surface area (Å²) in [6.07, 6.45) is 4.68. The minimum Gasteiger partial charge on any atom is -0.339 e. The SMILES string of the molecule is c1ccc2sc(CN3CCC[C@H]3c3noc(C4CC4)n3)nc2c1. The van der Waals surface area contributed by atoms with Crippen LogP contribution in [0.5, 0.6) is 0 Å². The van der Waals surface area contributed by atoms with Gasteiger partial charge in [-0.2, -0.15) is 4.98 Å². The average Bonchev–Trinajstić information content (AvgIpc) is 3.00. The fraction of sp³-hybridized carbons (Fsp3) is 0.471. The number of rotatable bonds is 4. The molecule has 2 aliphatic rings. The first-order valence-electron chi connectivity index (χ1n) is 8.29. The van der Waals surface area contributed by atoms with Gasteiger partial charge in [-0.1, -0.05) is 17.3 Å². The van der Waals surface area contributed by atoms with Crippen LogP contribution in [-0.2, 0) is 6.54 Å². The summed E-state index contributed by atoms with van der Waals surface area (Å²) in [6, 6.07) is 8.61. The molecule has 3 heterocycles. The van der Waals surface area contributed by atoms with Crippen LogP contribution in [0.25, 0.3) is 10.2 Å². The molecule has 2 aromatic heterocycles. The van der Waals surface area contributed by atoms with Crippen LogP contribution >= 0.6 is 11.3 Å². The van der Waals surface area contributed by atoms with Crippen molar-refractivity contribution >= 4 is 21.6 Å². The molecule has 0 spiro atoms. The molecule has 2 fully saturated rings. The van der Waals surface area contributed by atoms with E-state index in [-0.39, 0.29) is 6.04 Å². The second-order valence-electron chi connectivity index (χ2n) is 6.47. The normalized spacial score (nSPS) is 22.2. The Morgan fingerprint density at radius 3 is 2.96 bits per heavy atom. The van der Waals surface area contributed by atoms with E-state index >= 15 is 0 Å².